The molecule has 0 unspecified atom stereocenters. The lowest BCUT2D eigenvalue weighted by molar-refractivity contribution is -0.118. The number of hydrogen-bond acceptors (Lipinski definition) is 7. The summed E-state index contributed by atoms with van der Waals surface area (Å²) < 4.78 is 26.5. The lowest BCUT2D eigenvalue weighted by Crippen LogP contribution is -2.30. The fourth-order valence-corrected chi connectivity index (χ4v) is 4.86. The van der Waals surface area contributed by atoms with Gasteiger partial charge in [-0.3, -0.25) is 13.9 Å². The van der Waals surface area contributed by atoms with Crippen LogP contribution >= 0.6 is 11.3 Å². The second-order valence-electron chi connectivity index (χ2n) is 6.74. The van der Waals surface area contributed by atoms with Crippen molar-refractivity contribution in [2.24, 2.45) is 0 Å². The fourth-order valence-electron chi connectivity index (χ4n) is 3.22. The number of fused-ring (bicyclic) bond motifs is 3. The van der Waals surface area contributed by atoms with E-state index in [1.54, 1.807) is 17.4 Å². The first-order valence-corrected chi connectivity index (χ1v) is 11.5. The van der Waals surface area contributed by atoms with E-state index in [-0.39, 0.29) is 6.42 Å². The van der Waals surface area contributed by atoms with Crippen molar-refractivity contribution in [3.63, 3.8) is 0 Å². The number of thiophene rings is 1. The Labute approximate surface area is 171 Å². The number of benzene rings is 1. The van der Waals surface area contributed by atoms with Crippen molar-refractivity contribution in [3.05, 3.63) is 47.8 Å². The highest BCUT2D eigenvalue weighted by molar-refractivity contribution is 7.89. The van der Waals surface area contributed by atoms with Gasteiger partial charge in [0.1, 0.15) is 10.3 Å². The molecule has 29 heavy (non-hydrogen) atoms. The van der Waals surface area contributed by atoms with Crippen LogP contribution in [0.3, 0.4) is 0 Å². The summed E-state index contributed by atoms with van der Waals surface area (Å²) >= 11 is 1.59. The summed E-state index contributed by atoms with van der Waals surface area (Å²) in [6.07, 6.45) is 2.76. The lowest BCUT2D eigenvalue weighted by Gasteiger charge is -2.05. The average Bonchev–Trinajstić information content (AvgIpc) is 3.23. The summed E-state index contributed by atoms with van der Waals surface area (Å²) in [5.41, 5.74) is 4.31. The quantitative estimate of drug-likeness (QED) is 0.505. The van der Waals surface area contributed by atoms with E-state index in [9.17, 15) is 13.2 Å². The summed E-state index contributed by atoms with van der Waals surface area (Å²) in [5, 5.41) is 3.09. The molecule has 0 fully saturated rings. The number of sulfonamides is 1. The summed E-state index contributed by atoms with van der Waals surface area (Å²) in [6.45, 7) is 2.00. The van der Waals surface area contributed by atoms with Crippen molar-refractivity contribution in [3.8, 4) is 10.4 Å². The van der Waals surface area contributed by atoms with Crippen molar-refractivity contribution < 1.29 is 13.2 Å². The first-order chi connectivity index (χ1) is 13.7. The number of amides is 1. The second-order valence-corrected chi connectivity index (χ2v) is 9.52. The fraction of sp³-hybridized carbons (Fsp3) is 0.211. The van der Waals surface area contributed by atoms with Gasteiger partial charge < -0.3 is 5.32 Å². The number of anilines is 1. The van der Waals surface area contributed by atoms with Crippen LogP contribution in [0, 0.1) is 6.92 Å². The Morgan fingerprint density at radius 3 is 2.79 bits per heavy atom. The highest BCUT2D eigenvalue weighted by atomic mass is 32.2. The van der Waals surface area contributed by atoms with E-state index in [2.05, 4.69) is 19.7 Å². The Balaban J connectivity index is 1.75. The molecule has 0 aliphatic carbocycles. The molecule has 2 N–H and O–H groups in total. The van der Waals surface area contributed by atoms with Crippen molar-refractivity contribution in [1.29, 1.82) is 0 Å². The third-order valence-electron chi connectivity index (χ3n) is 4.39. The van der Waals surface area contributed by atoms with Crippen molar-refractivity contribution in [2.75, 3.05) is 18.6 Å². The number of carbonyl (C=O) groups is 1. The molecule has 0 bridgehead atoms. The predicted molar refractivity (Wildman–Crippen MR) is 115 cm³/mol. The van der Waals surface area contributed by atoms with E-state index in [0.29, 0.717) is 5.82 Å². The van der Waals surface area contributed by atoms with Crippen LogP contribution in [-0.4, -0.2) is 42.0 Å². The van der Waals surface area contributed by atoms with E-state index in [0.717, 1.165) is 43.9 Å². The van der Waals surface area contributed by atoms with Gasteiger partial charge in [0, 0.05) is 23.8 Å². The number of aromatic nitrogens is 3. The zero-order chi connectivity index (χ0) is 20.8. The van der Waals surface area contributed by atoms with Crippen molar-refractivity contribution >= 4 is 49.1 Å². The van der Waals surface area contributed by atoms with Crippen LogP contribution < -0.4 is 10.0 Å². The zero-order valence-corrected chi connectivity index (χ0v) is 17.7. The maximum Gasteiger partial charge on any atom is 0.237 e. The maximum absolute atomic E-state index is 11.9. The van der Waals surface area contributed by atoms with Gasteiger partial charge in [-0.15, -0.1) is 11.3 Å². The molecule has 0 atom stereocenters. The SMILES string of the molecule is CNc1nc2cc(-c3cccc(CC(=O)NS(C)(=O)=O)c3)sc2n2c(C)cnc12. The van der Waals surface area contributed by atoms with E-state index in [1.807, 2.05) is 49.2 Å². The number of carbonyl (C=O) groups excluding carboxylic acids is 1. The number of nitrogens with one attached hydrogen (secondary N) is 2. The molecule has 150 valence electrons. The smallest absolute Gasteiger partial charge is 0.237 e. The Morgan fingerprint density at radius 2 is 2.07 bits per heavy atom. The average molecular weight is 430 g/mol. The molecular weight excluding hydrogens is 410 g/mol. The molecule has 10 heteroatoms. The number of aryl methyl sites for hydroxylation is 1. The van der Waals surface area contributed by atoms with E-state index in [1.165, 1.54) is 0 Å². The largest absolute Gasteiger partial charge is 0.370 e. The minimum absolute atomic E-state index is 0.0150. The van der Waals surface area contributed by atoms with Crippen LogP contribution in [0.15, 0.2) is 36.5 Å². The van der Waals surface area contributed by atoms with E-state index in [4.69, 9.17) is 0 Å². The van der Waals surface area contributed by atoms with E-state index >= 15 is 0 Å². The van der Waals surface area contributed by atoms with Gasteiger partial charge in [-0.1, -0.05) is 18.2 Å². The molecule has 0 radical (unpaired) electrons. The monoisotopic (exact) mass is 429 g/mol. The van der Waals surface area contributed by atoms with Crippen LogP contribution in [0.2, 0.25) is 0 Å². The third kappa shape index (κ3) is 3.81. The summed E-state index contributed by atoms with van der Waals surface area (Å²) in [4.78, 5) is 23.0. The summed E-state index contributed by atoms with van der Waals surface area (Å²) in [7, 11) is -1.75. The minimum atomic E-state index is -3.57. The van der Waals surface area contributed by atoms with Crippen LogP contribution in [0.4, 0.5) is 5.82 Å². The minimum Gasteiger partial charge on any atom is -0.370 e. The molecule has 0 aliphatic heterocycles. The Hall–Kier alpha value is -2.98. The molecule has 3 heterocycles. The van der Waals surface area contributed by atoms with Crippen LogP contribution in [-0.2, 0) is 21.2 Å². The number of imidazole rings is 1. The lowest BCUT2D eigenvalue weighted by atomic mass is 10.1. The highest BCUT2D eigenvalue weighted by Crippen LogP contribution is 2.35. The molecule has 0 saturated carbocycles. The van der Waals surface area contributed by atoms with Gasteiger partial charge in [-0.25, -0.2) is 18.4 Å². The standard InChI is InChI=1S/C19H19N5O3S2/c1-11-10-21-18-17(20-2)22-14-9-15(28-19(14)24(11)18)13-6-4-5-12(7-13)8-16(25)23-29(3,26)27/h4-7,9-10H,8H2,1-3H3,(H,20,22)(H,23,25). The van der Waals surface area contributed by atoms with Crippen LogP contribution in [0.5, 0.6) is 0 Å². The van der Waals surface area contributed by atoms with Gasteiger partial charge in [0.25, 0.3) is 0 Å². The molecule has 0 saturated heterocycles. The normalized spacial score (nSPS) is 11.8. The van der Waals surface area contributed by atoms with Gasteiger partial charge in [0.05, 0.1) is 12.7 Å². The number of hydrogen-bond donors (Lipinski definition) is 2. The first-order valence-electron chi connectivity index (χ1n) is 8.80. The molecule has 0 spiro atoms. The maximum atomic E-state index is 11.9. The molecule has 4 aromatic rings. The number of nitrogens with zero attached hydrogens (tertiary/aromatic N) is 3. The molecule has 3 aromatic heterocycles. The van der Waals surface area contributed by atoms with Gasteiger partial charge in [-0.2, -0.15) is 0 Å². The Kier molecular flexibility index (Phi) is 4.75. The second kappa shape index (κ2) is 7.12. The van der Waals surface area contributed by atoms with Crippen LogP contribution in [0.25, 0.3) is 26.4 Å². The first kappa shape index (κ1) is 19.3. The van der Waals surface area contributed by atoms with Crippen LogP contribution in [0.1, 0.15) is 11.3 Å². The summed E-state index contributed by atoms with van der Waals surface area (Å²) in [5.74, 6) is 0.151. The third-order valence-corrected chi connectivity index (χ3v) is 6.15. The topological polar surface area (TPSA) is 105 Å². The van der Waals surface area contributed by atoms with Crippen molar-refractivity contribution in [2.45, 2.75) is 13.3 Å². The van der Waals surface area contributed by atoms with E-state index < -0.39 is 15.9 Å². The molecule has 4 rings (SSSR count). The summed E-state index contributed by atoms with van der Waals surface area (Å²) in [6, 6.07) is 9.51. The number of rotatable bonds is 5. The van der Waals surface area contributed by atoms with Gasteiger partial charge >= 0.3 is 0 Å². The predicted octanol–water partition coefficient (Wildman–Crippen LogP) is 2.58. The molecule has 0 aliphatic rings. The Bertz CT molecular complexity index is 1360. The zero-order valence-electron chi connectivity index (χ0n) is 16.1. The van der Waals surface area contributed by atoms with Crippen molar-refractivity contribution in [1.82, 2.24) is 19.1 Å². The molecule has 1 amide bonds. The molecule has 8 nitrogen and oxygen atoms in total. The van der Waals surface area contributed by atoms with Gasteiger partial charge in [0.2, 0.25) is 15.9 Å². The molecular formula is C19H19N5O3S2. The Morgan fingerprint density at radius 1 is 1.28 bits per heavy atom. The molecule has 1 aromatic carbocycles. The highest BCUT2D eigenvalue weighted by Gasteiger charge is 2.15. The van der Waals surface area contributed by atoms with Gasteiger partial charge in [0.15, 0.2) is 11.5 Å². The van der Waals surface area contributed by atoms with Gasteiger partial charge in [-0.05, 0) is 30.2 Å².